The van der Waals surface area contributed by atoms with Gasteiger partial charge in [-0.2, -0.15) is 0 Å². The van der Waals surface area contributed by atoms with Crippen molar-refractivity contribution < 1.29 is 14.3 Å². The van der Waals surface area contributed by atoms with Crippen molar-refractivity contribution in [3.63, 3.8) is 0 Å². The lowest BCUT2D eigenvalue weighted by Gasteiger charge is -2.24. The smallest absolute Gasteiger partial charge is 0.338 e. The average Bonchev–Trinajstić information content (AvgIpc) is 3.13. The lowest BCUT2D eigenvalue weighted by Crippen LogP contribution is -2.39. The van der Waals surface area contributed by atoms with Crippen LogP contribution in [0.15, 0.2) is 81.7 Å². The molecule has 33 heavy (non-hydrogen) atoms. The number of allylic oxidation sites excluding steroid dienone is 2. The molecule has 4 rings (SSSR count). The first-order valence-electron chi connectivity index (χ1n) is 10.6. The molecule has 0 aliphatic carbocycles. The Morgan fingerprint density at radius 2 is 1.88 bits per heavy atom. The summed E-state index contributed by atoms with van der Waals surface area (Å²) >= 11 is 1.30. The minimum absolute atomic E-state index is 0.202. The zero-order chi connectivity index (χ0) is 23.4. The molecule has 0 saturated heterocycles. The van der Waals surface area contributed by atoms with Crippen LogP contribution in [0, 0.1) is 0 Å². The molecule has 0 radical (unpaired) electrons. The monoisotopic (exact) mass is 460 g/mol. The Labute approximate surface area is 195 Å². The van der Waals surface area contributed by atoms with Crippen LogP contribution in [0.3, 0.4) is 0 Å². The second kappa shape index (κ2) is 9.83. The highest BCUT2D eigenvalue weighted by Crippen LogP contribution is 2.31. The van der Waals surface area contributed by atoms with Gasteiger partial charge < -0.3 is 9.47 Å². The van der Waals surface area contributed by atoms with Crippen LogP contribution < -0.4 is 19.6 Å². The molecule has 1 atom stereocenters. The number of carbonyl (C=O) groups excluding carboxylic acids is 1. The third kappa shape index (κ3) is 4.59. The van der Waals surface area contributed by atoms with E-state index in [1.165, 1.54) is 11.3 Å². The number of rotatable bonds is 6. The topological polar surface area (TPSA) is 69.9 Å². The number of hydrogen-bond donors (Lipinski definition) is 0. The Morgan fingerprint density at radius 3 is 2.55 bits per heavy atom. The Hall–Kier alpha value is -3.71. The van der Waals surface area contributed by atoms with Gasteiger partial charge in [-0.15, -0.1) is 0 Å². The number of esters is 1. The SMILES string of the molecule is CCOC(=O)C1=C(C)N=c2sc(=C/C=C/c3ccccc3)c(=O)n2C1c1ccc(OC)cc1. The van der Waals surface area contributed by atoms with Crippen LogP contribution in [0.5, 0.6) is 5.75 Å². The fraction of sp³-hybridized carbons (Fsp3) is 0.192. The molecule has 0 spiro atoms. The lowest BCUT2D eigenvalue weighted by molar-refractivity contribution is -0.139. The van der Waals surface area contributed by atoms with Gasteiger partial charge in [-0.05, 0) is 43.2 Å². The van der Waals surface area contributed by atoms with Gasteiger partial charge in [0.25, 0.3) is 5.56 Å². The van der Waals surface area contributed by atoms with Crippen molar-refractivity contribution in [3.05, 3.63) is 103 Å². The first-order valence-corrected chi connectivity index (χ1v) is 11.4. The van der Waals surface area contributed by atoms with E-state index >= 15 is 0 Å². The van der Waals surface area contributed by atoms with Crippen LogP contribution in [-0.4, -0.2) is 24.3 Å². The molecule has 0 fully saturated rings. The number of carbonyl (C=O) groups is 1. The highest BCUT2D eigenvalue weighted by Gasteiger charge is 2.33. The molecular formula is C26H24N2O4S. The van der Waals surface area contributed by atoms with Gasteiger partial charge in [0.1, 0.15) is 5.75 Å². The molecular weight excluding hydrogens is 436 g/mol. The lowest BCUT2D eigenvalue weighted by atomic mass is 9.96. The highest BCUT2D eigenvalue weighted by molar-refractivity contribution is 7.07. The molecule has 7 heteroatoms. The van der Waals surface area contributed by atoms with Crippen molar-refractivity contribution in [1.29, 1.82) is 0 Å². The van der Waals surface area contributed by atoms with Gasteiger partial charge in [-0.1, -0.05) is 66.0 Å². The summed E-state index contributed by atoms with van der Waals surface area (Å²) in [4.78, 5) is 31.4. The molecule has 6 nitrogen and oxygen atoms in total. The fourth-order valence-electron chi connectivity index (χ4n) is 3.72. The van der Waals surface area contributed by atoms with Crippen LogP contribution in [-0.2, 0) is 9.53 Å². The molecule has 1 aromatic heterocycles. The van der Waals surface area contributed by atoms with Gasteiger partial charge in [0.05, 0.1) is 35.6 Å². The number of nitrogens with zero attached hydrogens (tertiary/aromatic N) is 2. The van der Waals surface area contributed by atoms with E-state index in [1.807, 2.05) is 66.7 Å². The van der Waals surface area contributed by atoms with E-state index in [1.54, 1.807) is 31.6 Å². The van der Waals surface area contributed by atoms with Crippen LogP contribution in [0.2, 0.25) is 0 Å². The third-order valence-electron chi connectivity index (χ3n) is 5.28. The van der Waals surface area contributed by atoms with E-state index in [0.29, 0.717) is 26.4 Å². The molecule has 1 aliphatic heterocycles. The van der Waals surface area contributed by atoms with Crippen LogP contribution in [0.4, 0.5) is 0 Å². The largest absolute Gasteiger partial charge is 0.497 e. The summed E-state index contributed by atoms with van der Waals surface area (Å²) in [6.45, 7) is 3.76. The van der Waals surface area contributed by atoms with E-state index in [-0.39, 0.29) is 12.2 Å². The van der Waals surface area contributed by atoms with Gasteiger partial charge in [-0.25, -0.2) is 9.79 Å². The second-order valence-corrected chi connectivity index (χ2v) is 8.38. The molecule has 0 saturated carbocycles. The van der Waals surface area contributed by atoms with E-state index in [2.05, 4.69) is 4.99 Å². The number of hydrogen-bond acceptors (Lipinski definition) is 6. The van der Waals surface area contributed by atoms with E-state index < -0.39 is 12.0 Å². The van der Waals surface area contributed by atoms with Crippen LogP contribution >= 0.6 is 11.3 Å². The van der Waals surface area contributed by atoms with Gasteiger partial charge in [0, 0.05) is 0 Å². The van der Waals surface area contributed by atoms with Crippen molar-refractivity contribution in [1.82, 2.24) is 4.57 Å². The predicted octanol–water partition coefficient (Wildman–Crippen LogP) is 3.47. The van der Waals surface area contributed by atoms with E-state index in [4.69, 9.17) is 9.47 Å². The first kappa shape index (κ1) is 22.5. The maximum absolute atomic E-state index is 13.4. The maximum atomic E-state index is 13.4. The number of methoxy groups -OCH3 is 1. The molecule has 2 heterocycles. The standard InChI is InChI=1S/C26H24N2O4S/c1-4-32-25(30)22-17(2)27-26-28(23(22)19-13-15-20(31-3)16-14-19)24(29)21(33-26)12-8-11-18-9-6-5-7-10-18/h5-16,23H,4H2,1-3H3/b11-8+,21-12?. The molecule has 0 bridgehead atoms. The Bertz CT molecular complexity index is 1400. The summed E-state index contributed by atoms with van der Waals surface area (Å²) in [5.74, 6) is 0.216. The maximum Gasteiger partial charge on any atom is 0.338 e. The number of fused-ring (bicyclic) bond motifs is 1. The van der Waals surface area contributed by atoms with Crippen molar-refractivity contribution in [3.8, 4) is 5.75 Å². The second-order valence-electron chi connectivity index (χ2n) is 7.37. The summed E-state index contributed by atoms with van der Waals surface area (Å²) in [6, 6.07) is 16.6. The van der Waals surface area contributed by atoms with Gasteiger partial charge in [0.2, 0.25) is 0 Å². The molecule has 1 aliphatic rings. The molecule has 0 amide bonds. The fourth-order valence-corrected chi connectivity index (χ4v) is 4.72. The van der Waals surface area contributed by atoms with Crippen molar-refractivity contribution in [2.24, 2.45) is 4.99 Å². The molecule has 3 aromatic rings. The Morgan fingerprint density at radius 1 is 1.15 bits per heavy atom. The summed E-state index contributed by atoms with van der Waals surface area (Å²) in [5.41, 5.74) is 2.52. The zero-order valence-electron chi connectivity index (χ0n) is 18.6. The Kier molecular flexibility index (Phi) is 6.70. The number of thiazole rings is 1. The average molecular weight is 461 g/mol. The van der Waals surface area contributed by atoms with E-state index in [9.17, 15) is 9.59 Å². The van der Waals surface area contributed by atoms with Gasteiger partial charge in [0.15, 0.2) is 4.80 Å². The molecule has 1 unspecified atom stereocenters. The van der Waals surface area contributed by atoms with Crippen molar-refractivity contribution in [2.45, 2.75) is 19.9 Å². The van der Waals surface area contributed by atoms with Gasteiger partial charge in [-0.3, -0.25) is 9.36 Å². The number of benzene rings is 2. The minimum Gasteiger partial charge on any atom is -0.497 e. The van der Waals surface area contributed by atoms with Crippen LogP contribution in [0.1, 0.15) is 31.0 Å². The minimum atomic E-state index is -0.633. The number of ether oxygens (including phenoxy) is 2. The summed E-state index contributed by atoms with van der Waals surface area (Å²) in [6.07, 6.45) is 5.57. The first-order chi connectivity index (χ1) is 16.0. The van der Waals surface area contributed by atoms with Crippen LogP contribution in [0.25, 0.3) is 12.2 Å². The van der Waals surface area contributed by atoms with Crippen molar-refractivity contribution >= 4 is 29.5 Å². The highest BCUT2D eigenvalue weighted by atomic mass is 32.1. The summed E-state index contributed by atoms with van der Waals surface area (Å²) in [5, 5.41) is 0. The van der Waals surface area contributed by atoms with Crippen molar-refractivity contribution in [2.75, 3.05) is 13.7 Å². The van der Waals surface area contributed by atoms with E-state index in [0.717, 1.165) is 11.1 Å². The molecule has 0 N–H and O–H groups in total. The zero-order valence-corrected chi connectivity index (χ0v) is 19.5. The Balaban J connectivity index is 1.85. The predicted molar refractivity (Wildman–Crippen MR) is 130 cm³/mol. The third-order valence-corrected chi connectivity index (χ3v) is 6.29. The van der Waals surface area contributed by atoms with Gasteiger partial charge >= 0.3 is 5.97 Å². The number of aromatic nitrogens is 1. The summed E-state index contributed by atoms with van der Waals surface area (Å²) in [7, 11) is 1.59. The molecule has 2 aromatic carbocycles. The summed E-state index contributed by atoms with van der Waals surface area (Å²) < 4.78 is 12.7. The quantitative estimate of drug-likeness (QED) is 0.528. The normalized spacial score (nSPS) is 16.0. The molecule has 168 valence electrons.